The summed E-state index contributed by atoms with van der Waals surface area (Å²) in [5.74, 6) is 2.19. The maximum atomic E-state index is 12.4. The van der Waals surface area contributed by atoms with Gasteiger partial charge in [-0.1, -0.05) is 6.07 Å². The van der Waals surface area contributed by atoms with Gasteiger partial charge in [-0.15, -0.1) is 0 Å². The van der Waals surface area contributed by atoms with Crippen molar-refractivity contribution in [1.29, 1.82) is 0 Å². The van der Waals surface area contributed by atoms with Crippen LogP contribution in [0.1, 0.15) is 11.1 Å². The molecular weight excluding hydrogens is 324 g/mol. The van der Waals surface area contributed by atoms with Crippen molar-refractivity contribution in [3.8, 4) is 23.0 Å². The average Bonchev–Trinajstić information content (AvgIpc) is 3.26. The van der Waals surface area contributed by atoms with E-state index >= 15 is 0 Å². The van der Waals surface area contributed by atoms with Gasteiger partial charge in [-0.05, 0) is 35.4 Å². The first-order valence-corrected chi connectivity index (χ1v) is 7.73. The molecule has 6 heteroatoms. The van der Waals surface area contributed by atoms with E-state index in [1.165, 1.54) is 0 Å². The molecule has 0 N–H and O–H groups in total. The molecule has 0 aliphatic carbocycles. The molecule has 128 valence electrons. The first-order chi connectivity index (χ1) is 12.2. The minimum atomic E-state index is -0.372. The normalized spacial score (nSPS) is 15.4. The van der Waals surface area contributed by atoms with Gasteiger partial charge in [0.05, 0.1) is 19.8 Å². The lowest BCUT2D eigenvalue weighted by Gasteiger charge is -2.10. The largest absolute Gasteiger partial charge is 0.497 e. The Morgan fingerprint density at radius 2 is 1.56 bits per heavy atom. The Labute approximate surface area is 144 Å². The maximum Gasteiger partial charge on any atom is 0.339 e. The van der Waals surface area contributed by atoms with Crippen LogP contribution in [-0.2, 0) is 9.53 Å². The fraction of sp³-hybridized carbons (Fsp3) is 0.211. The minimum Gasteiger partial charge on any atom is -0.497 e. The van der Waals surface area contributed by atoms with Gasteiger partial charge in [0.2, 0.25) is 6.79 Å². The molecule has 6 nitrogen and oxygen atoms in total. The topological polar surface area (TPSA) is 63.2 Å². The number of hydrogen-bond donors (Lipinski definition) is 0. The third-order valence-electron chi connectivity index (χ3n) is 4.21. The molecule has 0 amide bonds. The lowest BCUT2D eigenvalue weighted by atomic mass is 9.96. The molecule has 4 rings (SSSR count). The zero-order valence-electron chi connectivity index (χ0n) is 13.8. The summed E-state index contributed by atoms with van der Waals surface area (Å²) in [5, 5.41) is 0. The molecule has 2 aliphatic rings. The van der Waals surface area contributed by atoms with Crippen LogP contribution in [-0.4, -0.2) is 33.6 Å². The van der Waals surface area contributed by atoms with Gasteiger partial charge in [-0.3, -0.25) is 0 Å². The van der Waals surface area contributed by atoms with Crippen LogP contribution < -0.4 is 18.9 Å². The number of fused-ring (bicyclic) bond motifs is 1. The van der Waals surface area contributed by atoms with Gasteiger partial charge in [-0.2, -0.15) is 0 Å². The zero-order valence-corrected chi connectivity index (χ0v) is 13.8. The summed E-state index contributed by atoms with van der Waals surface area (Å²) in [7, 11) is 3.14. The molecule has 0 fully saturated rings. The van der Waals surface area contributed by atoms with Crippen LogP contribution in [0.15, 0.2) is 36.4 Å². The number of cyclic esters (lactones) is 1. The monoisotopic (exact) mass is 340 g/mol. The van der Waals surface area contributed by atoms with E-state index in [2.05, 4.69) is 0 Å². The number of ether oxygens (including phenoxy) is 5. The SMILES string of the molecule is COc1cc(OC)cc(C2=C(c3ccc4c(c3)OCO4)COC2=O)c1. The smallest absolute Gasteiger partial charge is 0.339 e. The number of carbonyl (C=O) groups excluding carboxylic acids is 1. The van der Waals surface area contributed by atoms with Crippen LogP contribution >= 0.6 is 0 Å². The summed E-state index contributed by atoms with van der Waals surface area (Å²) in [6.07, 6.45) is 0. The minimum absolute atomic E-state index is 0.202. The predicted octanol–water partition coefficient (Wildman–Crippen LogP) is 2.90. The lowest BCUT2D eigenvalue weighted by Crippen LogP contribution is -2.00. The maximum absolute atomic E-state index is 12.4. The van der Waals surface area contributed by atoms with Crippen molar-refractivity contribution in [2.24, 2.45) is 0 Å². The summed E-state index contributed by atoms with van der Waals surface area (Å²) in [6.45, 7) is 0.403. The molecule has 0 unspecified atom stereocenters. The molecule has 0 saturated heterocycles. The number of rotatable bonds is 4. The van der Waals surface area contributed by atoms with E-state index in [1.54, 1.807) is 32.4 Å². The van der Waals surface area contributed by atoms with Crippen molar-refractivity contribution in [2.45, 2.75) is 0 Å². The van der Waals surface area contributed by atoms with E-state index in [4.69, 9.17) is 23.7 Å². The second-order valence-corrected chi connectivity index (χ2v) is 5.60. The number of carbonyl (C=O) groups is 1. The van der Waals surface area contributed by atoms with Gasteiger partial charge in [0.25, 0.3) is 0 Å². The van der Waals surface area contributed by atoms with Crippen LogP contribution in [0, 0.1) is 0 Å². The lowest BCUT2D eigenvalue weighted by molar-refractivity contribution is -0.133. The van der Waals surface area contributed by atoms with Gasteiger partial charge in [-0.25, -0.2) is 4.79 Å². The van der Waals surface area contributed by atoms with Crippen molar-refractivity contribution in [2.75, 3.05) is 27.6 Å². The third-order valence-corrected chi connectivity index (χ3v) is 4.21. The first kappa shape index (κ1) is 15.4. The van der Waals surface area contributed by atoms with Gasteiger partial charge in [0.1, 0.15) is 18.1 Å². The molecule has 0 radical (unpaired) electrons. The Balaban J connectivity index is 1.85. The molecule has 0 atom stereocenters. The molecule has 2 heterocycles. The van der Waals surface area contributed by atoms with Crippen molar-refractivity contribution < 1.29 is 28.5 Å². The third kappa shape index (κ3) is 2.65. The number of methoxy groups -OCH3 is 2. The Bertz CT molecular complexity index is 861. The Hall–Kier alpha value is -3.15. The second kappa shape index (κ2) is 6.05. The van der Waals surface area contributed by atoms with E-state index in [0.29, 0.717) is 34.1 Å². The van der Waals surface area contributed by atoms with Gasteiger partial charge in [0.15, 0.2) is 11.5 Å². The highest BCUT2D eigenvalue weighted by molar-refractivity contribution is 6.27. The molecule has 0 bridgehead atoms. The first-order valence-electron chi connectivity index (χ1n) is 7.73. The van der Waals surface area contributed by atoms with Crippen LogP contribution in [0.3, 0.4) is 0 Å². The highest BCUT2D eigenvalue weighted by Gasteiger charge is 2.29. The van der Waals surface area contributed by atoms with Crippen molar-refractivity contribution in [3.63, 3.8) is 0 Å². The fourth-order valence-corrected chi connectivity index (χ4v) is 2.96. The van der Waals surface area contributed by atoms with Crippen molar-refractivity contribution in [1.82, 2.24) is 0 Å². The predicted molar refractivity (Wildman–Crippen MR) is 89.9 cm³/mol. The molecule has 2 aromatic carbocycles. The van der Waals surface area contributed by atoms with Crippen molar-refractivity contribution in [3.05, 3.63) is 47.5 Å². The molecular formula is C19H16O6. The van der Waals surface area contributed by atoms with E-state index in [9.17, 15) is 4.79 Å². The summed E-state index contributed by atoms with van der Waals surface area (Å²) in [6, 6.07) is 10.9. The summed E-state index contributed by atoms with van der Waals surface area (Å²) < 4.78 is 26.7. The quantitative estimate of drug-likeness (QED) is 0.798. The molecule has 0 aromatic heterocycles. The molecule has 0 saturated carbocycles. The van der Waals surface area contributed by atoms with Crippen LogP contribution in [0.25, 0.3) is 11.1 Å². The summed E-state index contributed by atoms with van der Waals surface area (Å²) in [5.41, 5.74) is 2.83. The molecule has 2 aliphatic heterocycles. The second-order valence-electron chi connectivity index (χ2n) is 5.60. The Morgan fingerprint density at radius 1 is 0.840 bits per heavy atom. The van der Waals surface area contributed by atoms with E-state index in [1.807, 2.05) is 18.2 Å². The average molecular weight is 340 g/mol. The van der Waals surface area contributed by atoms with E-state index in [-0.39, 0.29) is 19.4 Å². The van der Waals surface area contributed by atoms with E-state index in [0.717, 1.165) is 11.1 Å². The Kier molecular flexibility index (Phi) is 3.72. The van der Waals surface area contributed by atoms with E-state index < -0.39 is 0 Å². The van der Waals surface area contributed by atoms with Gasteiger partial charge < -0.3 is 23.7 Å². The number of hydrogen-bond acceptors (Lipinski definition) is 6. The van der Waals surface area contributed by atoms with Crippen LogP contribution in [0.2, 0.25) is 0 Å². The Morgan fingerprint density at radius 3 is 2.28 bits per heavy atom. The summed E-state index contributed by atoms with van der Waals surface area (Å²) in [4.78, 5) is 12.4. The van der Waals surface area contributed by atoms with Gasteiger partial charge >= 0.3 is 5.97 Å². The summed E-state index contributed by atoms with van der Waals surface area (Å²) >= 11 is 0. The molecule has 2 aromatic rings. The highest BCUT2D eigenvalue weighted by Crippen LogP contribution is 2.40. The van der Waals surface area contributed by atoms with Gasteiger partial charge in [0, 0.05) is 11.6 Å². The number of esters is 1. The standard InChI is InChI=1S/C19H16O6/c1-21-13-5-12(6-14(8-13)22-2)18-15(9-23-19(18)20)11-3-4-16-17(7-11)25-10-24-16/h3-8H,9-10H2,1-2H3. The molecule has 25 heavy (non-hydrogen) atoms. The zero-order chi connectivity index (χ0) is 17.4. The highest BCUT2D eigenvalue weighted by atomic mass is 16.7. The van der Waals surface area contributed by atoms with Crippen LogP contribution in [0.4, 0.5) is 0 Å². The van der Waals surface area contributed by atoms with Crippen molar-refractivity contribution >= 4 is 17.1 Å². The van der Waals surface area contributed by atoms with Crippen LogP contribution in [0.5, 0.6) is 23.0 Å². The number of benzene rings is 2. The molecule has 0 spiro atoms. The fourth-order valence-electron chi connectivity index (χ4n) is 2.96.